The van der Waals surface area contributed by atoms with Crippen LogP contribution in [0.5, 0.6) is 0 Å². The van der Waals surface area contributed by atoms with Gasteiger partial charge in [-0.2, -0.15) is 0 Å². The molecular formula is C12H14NO21S3-5. The lowest BCUT2D eigenvalue weighted by Gasteiger charge is -2.46. The predicted octanol–water partition coefficient (Wildman–Crippen LogP) is -8.23. The molecule has 0 aliphatic carbocycles. The Kier molecular flexibility index (Phi) is 10.3. The van der Waals surface area contributed by atoms with Crippen molar-refractivity contribution in [2.45, 2.75) is 49.1 Å². The van der Waals surface area contributed by atoms with E-state index in [1.807, 2.05) is 0 Å². The van der Waals surface area contributed by atoms with Crippen LogP contribution in [0.2, 0.25) is 0 Å². The van der Waals surface area contributed by atoms with Crippen molar-refractivity contribution in [1.29, 1.82) is 0 Å². The molecular weight excluding hydrogens is 590 g/mol. The SMILES string of the molecule is O=C([O-])C1=C[C@H](O)C(OS(=O)(=O)[O-])[C@H](O[C@@H]2C(COS(=O)(=O)[O-])O[C@@H](O)C(NS(=O)(=O)[O-])[C@H]2OO[O-])O1. The molecule has 3 unspecified atom stereocenters. The van der Waals surface area contributed by atoms with Crippen molar-refractivity contribution < 1.29 is 96.8 Å². The van der Waals surface area contributed by atoms with Gasteiger partial charge >= 0.3 is 0 Å². The van der Waals surface area contributed by atoms with Gasteiger partial charge in [-0.3, -0.25) is 13.4 Å². The molecule has 25 heteroatoms. The maximum absolute atomic E-state index is 11.2. The maximum atomic E-state index is 11.2. The van der Waals surface area contributed by atoms with Crippen molar-refractivity contribution in [2.75, 3.05) is 6.61 Å². The van der Waals surface area contributed by atoms with E-state index in [1.165, 1.54) is 4.72 Å². The molecule has 22 nitrogen and oxygen atoms in total. The number of carboxylic acid groups (broad SMARTS) is 1. The summed E-state index contributed by atoms with van der Waals surface area (Å²) < 4.78 is 123. The number of carbonyl (C=O) groups is 1. The summed E-state index contributed by atoms with van der Waals surface area (Å²) in [7, 11) is -16.7. The highest BCUT2D eigenvalue weighted by Crippen LogP contribution is 2.31. The van der Waals surface area contributed by atoms with Crippen LogP contribution in [-0.2, 0) is 68.4 Å². The summed E-state index contributed by atoms with van der Waals surface area (Å²) in [6.45, 7) is -1.42. The predicted molar refractivity (Wildman–Crippen MR) is 92.5 cm³/mol. The third kappa shape index (κ3) is 9.55. The molecule has 2 heterocycles. The van der Waals surface area contributed by atoms with E-state index in [-0.39, 0.29) is 0 Å². The highest BCUT2D eigenvalue weighted by atomic mass is 32.3. The smallest absolute Gasteiger partial charge is 0.231 e. The molecule has 2 aliphatic heterocycles. The summed E-state index contributed by atoms with van der Waals surface area (Å²) in [5.74, 6) is -3.39. The number of carbonyl (C=O) groups excluding carboxylic acids is 1. The largest absolute Gasteiger partial charge is 0.735 e. The number of nitrogens with one attached hydrogen (secondary N) is 1. The van der Waals surface area contributed by atoms with Crippen molar-refractivity contribution in [3.8, 4) is 0 Å². The van der Waals surface area contributed by atoms with E-state index < -0.39 is 98.6 Å². The van der Waals surface area contributed by atoms with Gasteiger partial charge in [0.2, 0.25) is 27.1 Å². The van der Waals surface area contributed by atoms with Gasteiger partial charge in [0.05, 0.1) is 6.61 Å². The molecule has 2 rings (SSSR count). The summed E-state index contributed by atoms with van der Waals surface area (Å²) >= 11 is 0. The van der Waals surface area contributed by atoms with Crippen LogP contribution < -0.4 is 15.1 Å². The van der Waals surface area contributed by atoms with Crippen LogP contribution in [0.3, 0.4) is 0 Å². The standard InChI is InChI=1S/C12H19NO21S3/c14-3-1-4(10(15)16)30-12(7(3)33-37(25,26)27)31-8-5(2-28-36(22,23)24)29-11(17)6(9(8)32-34-18)13-35(19,20)21/h1,3,5-9,11-14,17-18H,2H2,(H,15,16)(H,19,20,21)(H,22,23,24)(H,25,26,27)/p-5/t3-,5?,6?,7?,8+,9+,11+,12-/m0/s1. The van der Waals surface area contributed by atoms with Gasteiger partial charge in [0.15, 0.2) is 22.7 Å². The number of aliphatic hydroxyl groups excluding tert-OH is 2. The molecule has 0 amide bonds. The summed E-state index contributed by atoms with van der Waals surface area (Å²) in [5, 5.41) is 45.0. The first-order valence-electron chi connectivity index (χ1n) is 9.01. The molecule has 2 aliphatic rings. The van der Waals surface area contributed by atoms with Crippen molar-refractivity contribution in [3.63, 3.8) is 0 Å². The number of rotatable bonds is 12. The highest BCUT2D eigenvalue weighted by molar-refractivity contribution is 7.83. The van der Waals surface area contributed by atoms with Gasteiger partial charge in [0.1, 0.15) is 42.2 Å². The minimum absolute atomic E-state index is 0.305. The molecule has 0 spiro atoms. The highest BCUT2D eigenvalue weighted by Gasteiger charge is 2.51. The molecule has 8 atom stereocenters. The zero-order valence-electron chi connectivity index (χ0n) is 17.3. The number of ether oxygens (including phenoxy) is 3. The Morgan fingerprint density at radius 3 is 2.14 bits per heavy atom. The Morgan fingerprint density at radius 2 is 1.65 bits per heavy atom. The molecule has 1 fully saturated rings. The Labute approximate surface area is 206 Å². The minimum atomic E-state index is -5.70. The second kappa shape index (κ2) is 12.0. The van der Waals surface area contributed by atoms with Crippen LogP contribution in [0.1, 0.15) is 0 Å². The first-order valence-corrected chi connectivity index (χ1v) is 13.1. The normalized spacial score (nSPS) is 33.4. The van der Waals surface area contributed by atoms with E-state index in [2.05, 4.69) is 18.3 Å². The monoisotopic (exact) mass is 604 g/mol. The molecule has 37 heavy (non-hydrogen) atoms. The molecule has 3 N–H and O–H groups in total. The fourth-order valence-corrected chi connectivity index (χ4v) is 4.44. The lowest BCUT2D eigenvalue weighted by molar-refractivity contribution is -0.807. The van der Waals surface area contributed by atoms with Crippen LogP contribution in [0.15, 0.2) is 11.8 Å². The van der Waals surface area contributed by atoms with Gasteiger partial charge in [-0.25, -0.2) is 34.9 Å². The third-order valence-electron chi connectivity index (χ3n) is 4.36. The second-order valence-electron chi connectivity index (χ2n) is 6.85. The van der Waals surface area contributed by atoms with Crippen LogP contribution in [0.25, 0.3) is 0 Å². The number of hydrogen-bond donors (Lipinski definition) is 3. The second-order valence-corrected chi connectivity index (χ2v) is 10.1. The first-order chi connectivity index (χ1) is 16.8. The molecule has 0 aromatic heterocycles. The van der Waals surface area contributed by atoms with Crippen LogP contribution in [-0.4, -0.2) is 111 Å². The van der Waals surface area contributed by atoms with Gasteiger partial charge in [0.25, 0.3) is 0 Å². The van der Waals surface area contributed by atoms with E-state index >= 15 is 0 Å². The van der Waals surface area contributed by atoms with E-state index in [4.69, 9.17) is 14.2 Å². The van der Waals surface area contributed by atoms with Crippen molar-refractivity contribution in [3.05, 3.63) is 11.8 Å². The Morgan fingerprint density at radius 1 is 1.03 bits per heavy atom. The zero-order chi connectivity index (χ0) is 28.3. The fourth-order valence-electron chi connectivity index (χ4n) is 3.08. The molecule has 0 saturated carbocycles. The van der Waals surface area contributed by atoms with E-state index in [9.17, 15) is 64.3 Å². The van der Waals surface area contributed by atoms with E-state index in [1.54, 1.807) is 0 Å². The van der Waals surface area contributed by atoms with Gasteiger partial charge in [-0.1, -0.05) is 0 Å². The molecule has 0 radical (unpaired) electrons. The maximum Gasteiger partial charge on any atom is 0.231 e. The molecule has 216 valence electrons. The van der Waals surface area contributed by atoms with Crippen LogP contribution in [0.4, 0.5) is 0 Å². The van der Waals surface area contributed by atoms with Crippen LogP contribution in [0, 0.1) is 0 Å². The van der Waals surface area contributed by atoms with Crippen molar-refractivity contribution in [1.82, 2.24) is 4.72 Å². The summed E-state index contributed by atoms with van der Waals surface area (Å²) in [4.78, 5) is 15.4. The minimum Gasteiger partial charge on any atom is -0.735 e. The first kappa shape index (κ1) is 31.6. The van der Waals surface area contributed by atoms with Crippen molar-refractivity contribution in [2.24, 2.45) is 0 Å². The summed E-state index contributed by atoms with van der Waals surface area (Å²) in [5.41, 5.74) is 0. The summed E-state index contributed by atoms with van der Waals surface area (Å²) in [6.07, 6.45) is -16.4. The van der Waals surface area contributed by atoms with Gasteiger partial charge < -0.3 is 53.2 Å². The van der Waals surface area contributed by atoms with E-state index in [0.717, 1.165) is 0 Å². The number of hydrogen-bond acceptors (Lipinski definition) is 21. The average molecular weight is 604 g/mol. The average Bonchev–Trinajstić information content (AvgIpc) is 2.71. The number of aliphatic hydroxyl groups is 2. The van der Waals surface area contributed by atoms with Gasteiger partial charge in [0, 0.05) is 0 Å². The molecule has 1 saturated heterocycles. The molecule has 0 bridgehead atoms. The number of aliphatic carboxylic acids is 1. The Hall–Kier alpha value is -1.66. The lowest BCUT2D eigenvalue weighted by atomic mass is 9.97. The number of carboxylic acids is 1. The van der Waals surface area contributed by atoms with Crippen molar-refractivity contribution >= 4 is 37.1 Å². The molecule has 0 aromatic carbocycles. The quantitative estimate of drug-likeness (QED) is 0.0805. The Bertz CT molecular complexity index is 1170. The lowest BCUT2D eigenvalue weighted by Crippen LogP contribution is -2.67. The van der Waals surface area contributed by atoms with Crippen LogP contribution >= 0.6 is 0 Å². The zero-order valence-corrected chi connectivity index (χ0v) is 19.7. The summed E-state index contributed by atoms with van der Waals surface area (Å²) in [6, 6.07) is -2.34. The van der Waals surface area contributed by atoms with E-state index in [0.29, 0.717) is 6.08 Å². The Balaban J connectivity index is 2.54. The topological polar surface area (TPSA) is 352 Å². The fraction of sp³-hybridized carbons (Fsp3) is 0.750. The third-order valence-corrected chi connectivity index (χ3v) is 5.81. The molecule has 0 aromatic rings. The van der Waals surface area contributed by atoms with Gasteiger partial charge in [-0.05, 0) is 6.08 Å². The van der Waals surface area contributed by atoms with Gasteiger partial charge in [-0.15, -0.1) is 0 Å².